The second-order valence-electron chi connectivity index (χ2n) is 5.14. The average Bonchev–Trinajstić information content (AvgIpc) is 3.09. The minimum atomic E-state index is -0.271. The Morgan fingerprint density at radius 2 is 1.94 bits per heavy atom. The van der Waals surface area contributed by atoms with Crippen LogP contribution in [0.2, 0.25) is 0 Å². The standard InChI is InChI=1S/C12H23N3O/c13-12(16)15-8-5-11(6-9-15)14-7-1-2-10-3-4-10/h10-11,14H,1-9H2,(H2,13,16). The molecule has 0 atom stereocenters. The number of nitrogens with two attached hydrogens (primary N) is 1. The predicted molar refractivity (Wildman–Crippen MR) is 64.1 cm³/mol. The molecule has 4 heteroatoms. The highest BCUT2D eigenvalue weighted by Gasteiger charge is 2.22. The van der Waals surface area contributed by atoms with Crippen LogP contribution in [0, 0.1) is 5.92 Å². The number of primary amides is 1. The lowest BCUT2D eigenvalue weighted by Gasteiger charge is -2.31. The van der Waals surface area contributed by atoms with Gasteiger partial charge in [-0.2, -0.15) is 0 Å². The van der Waals surface area contributed by atoms with Gasteiger partial charge in [-0.25, -0.2) is 4.79 Å². The first-order valence-corrected chi connectivity index (χ1v) is 6.53. The number of hydrogen-bond donors (Lipinski definition) is 2. The summed E-state index contributed by atoms with van der Waals surface area (Å²) in [4.78, 5) is 12.7. The Hall–Kier alpha value is -0.770. The van der Waals surface area contributed by atoms with Crippen LogP contribution < -0.4 is 11.1 Å². The third-order valence-corrected chi connectivity index (χ3v) is 3.73. The van der Waals surface area contributed by atoms with E-state index in [9.17, 15) is 4.79 Å². The average molecular weight is 225 g/mol. The van der Waals surface area contributed by atoms with Gasteiger partial charge in [0.05, 0.1) is 0 Å². The summed E-state index contributed by atoms with van der Waals surface area (Å²) in [5.41, 5.74) is 5.24. The first-order valence-electron chi connectivity index (χ1n) is 6.53. The molecule has 0 aromatic rings. The number of urea groups is 1. The summed E-state index contributed by atoms with van der Waals surface area (Å²) < 4.78 is 0. The van der Waals surface area contributed by atoms with Crippen molar-refractivity contribution in [3.05, 3.63) is 0 Å². The zero-order valence-corrected chi connectivity index (χ0v) is 9.95. The van der Waals surface area contributed by atoms with Gasteiger partial charge < -0.3 is 16.0 Å². The first-order chi connectivity index (χ1) is 7.75. The fraction of sp³-hybridized carbons (Fsp3) is 0.917. The third kappa shape index (κ3) is 3.67. The number of rotatable bonds is 5. The Labute approximate surface area is 97.6 Å². The SMILES string of the molecule is NC(=O)N1CCC(NCCCC2CC2)CC1. The van der Waals surface area contributed by atoms with E-state index in [4.69, 9.17) is 5.73 Å². The van der Waals surface area contributed by atoms with Crippen LogP contribution in [-0.4, -0.2) is 36.6 Å². The van der Waals surface area contributed by atoms with Crippen LogP contribution in [0.15, 0.2) is 0 Å². The molecule has 0 unspecified atom stereocenters. The Morgan fingerprint density at radius 3 is 2.50 bits per heavy atom. The van der Waals surface area contributed by atoms with Crippen molar-refractivity contribution in [3.63, 3.8) is 0 Å². The second kappa shape index (κ2) is 5.53. The molecule has 1 saturated carbocycles. The first kappa shape index (κ1) is 11.7. The zero-order chi connectivity index (χ0) is 11.4. The van der Waals surface area contributed by atoms with Crippen molar-refractivity contribution >= 4 is 6.03 Å². The smallest absolute Gasteiger partial charge is 0.314 e. The van der Waals surface area contributed by atoms with E-state index in [0.29, 0.717) is 6.04 Å². The number of carbonyl (C=O) groups excluding carboxylic acids is 1. The van der Waals surface area contributed by atoms with Crippen molar-refractivity contribution in [2.24, 2.45) is 11.7 Å². The fourth-order valence-corrected chi connectivity index (χ4v) is 2.41. The summed E-state index contributed by atoms with van der Waals surface area (Å²) in [6.07, 6.45) is 7.71. The maximum atomic E-state index is 10.9. The number of nitrogens with one attached hydrogen (secondary N) is 1. The van der Waals surface area contributed by atoms with Gasteiger partial charge in [-0.1, -0.05) is 12.8 Å². The molecule has 2 fully saturated rings. The maximum Gasteiger partial charge on any atom is 0.314 e. The topological polar surface area (TPSA) is 58.4 Å². The molecule has 2 rings (SSSR count). The van der Waals surface area contributed by atoms with E-state index in [1.54, 1.807) is 4.90 Å². The molecular formula is C12H23N3O. The molecule has 1 aliphatic carbocycles. The van der Waals surface area contributed by atoms with E-state index >= 15 is 0 Å². The van der Waals surface area contributed by atoms with E-state index in [2.05, 4.69) is 5.32 Å². The van der Waals surface area contributed by atoms with E-state index in [1.807, 2.05) is 0 Å². The Morgan fingerprint density at radius 1 is 1.25 bits per heavy atom. The summed E-state index contributed by atoms with van der Waals surface area (Å²) in [6, 6.07) is 0.321. The number of amides is 2. The zero-order valence-electron chi connectivity index (χ0n) is 9.95. The van der Waals surface area contributed by atoms with Gasteiger partial charge in [0, 0.05) is 19.1 Å². The van der Waals surface area contributed by atoms with Gasteiger partial charge in [-0.05, 0) is 38.1 Å². The predicted octanol–water partition coefficient (Wildman–Crippen LogP) is 1.31. The number of hydrogen-bond acceptors (Lipinski definition) is 2. The Bertz CT molecular complexity index is 232. The Kier molecular flexibility index (Phi) is 4.04. The monoisotopic (exact) mass is 225 g/mol. The maximum absolute atomic E-state index is 10.9. The molecule has 16 heavy (non-hydrogen) atoms. The lowest BCUT2D eigenvalue weighted by atomic mass is 10.1. The quantitative estimate of drug-likeness (QED) is 0.693. The van der Waals surface area contributed by atoms with Gasteiger partial charge in [-0.15, -0.1) is 0 Å². The van der Waals surface area contributed by atoms with Crippen molar-refractivity contribution in [2.45, 2.75) is 44.6 Å². The van der Waals surface area contributed by atoms with Gasteiger partial charge in [0.1, 0.15) is 0 Å². The summed E-state index contributed by atoms with van der Waals surface area (Å²) in [5, 5.41) is 3.59. The summed E-state index contributed by atoms with van der Waals surface area (Å²) in [6.45, 7) is 2.77. The lowest BCUT2D eigenvalue weighted by molar-refractivity contribution is 0.185. The molecule has 1 aliphatic heterocycles. The molecule has 0 spiro atoms. The molecule has 3 N–H and O–H groups in total. The summed E-state index contributed by atoms with van der Waals surface area (Å²) >= 11 is 0. The molecule has 92 valence electrons. The van der Waals surface area contributed by atoms with Crippen molar-refractivity contribution in [3.8, 4) is 0 Å². The molecule has 2 aliphatic rings. The number of nitrogens with zero attached hydrogens (tertiary/aromatic N) is 1. The van der Waals surface area contributed by atoms with Crippen LogP contribution >= 0.6 is 0 Å². The van der Waals surface area contributed by atoms with Crippen LogP contribution in [0.25, 0.3) is 0 Å². The second-order valence-corrected chi connectivity index (χ2v) is 5.14. The number of carbonyl (C=O) groups is 1. The van der Waals surface area contributed by atoms with E-state index in [-0.39, 0.29) is 6.03 Å². The molecule has 0 aromatic heterocycles. The molecule has 0 radical (unpaired) electrons. The van der Waals surface area contributed by atoms with Crippen molar-refractivity contribution in [1.82, 2.24) is 10.2 Å². The third-order valence-electron chi connectivity index (χ3n) is 3.73. The molecule has 0 aromatic carbocycles. The van der Waals surface area contributed by atoms with Crippen LogP contribution in [0.4, 0.5) is 4.79 Å². The lowest BCUT2D eigenvalue weighted by Crippen LogP contribution is -2.46. The van der Waals surface area contributed by atoms with E-state index < -0.39 is 0 Å². The van der Waals surface area contributed by atoms with Crippen molar-refractivity contribution in [2.75, 3.05) is 19.6 Å². The molecule has 1 heterocycles. The molecule has 0 bridgehead atoms. The molecule has 4 nitrogen and oxygen atoms in total. The minimum absolute atomic E-state index is 0.271. The summed E-state index contributed by atoms with van der Waals surface area (Å²) in [5.74, 6) is 1.04. The van der Waals surface area contributed by atoms with E-state index in [0.717, 1.165) is 38.4 Å². The van der Waals surface area contributed by atoms with Crippen molar-refractivity contribution in [1.29, 1.82) is 0 Å². The van der Waals surface area contributed by atoms with E-state index in [1.165, 1.54) is 25.7 Å². The van der Waals surface area contributed by atoms with Gasteiger partial charge >= 0.3 is 6.03 Å². The molecule has 2 amide bonds. The fourth-order valence-electron chi connectivity index (χ4n) is 2.41. The largest absolute Gasteiger partial charge is 0.351 e. The highest BCUT2D eigenvalue weighted by molar-refractivity contribution is 5.72. The normalized spacial score (nSPS) is 22.4. The number of piperidine rings is 1. The van der Waals surface area contributed by atoms with Crippen molar-refractivity contribution < 1.29 is 4.79 Å². The molecule has 1 saturated heterocycles. The van der Waals surface area contributed by atoms with Gasteiger partial charge in [0.25, 0.3) is 0 Å². The highest BCUT2D eigenvalue weighted by atomic mass is 16.2. The number of likely N-dealkylation sites (tertiary alicyclic amines) is 1. The van der Waals surface area contributed by atoms with Crippen LogP contribution in [0.5, 0.6) is 0 Å². The minimum Gasteiger partial charge on any atom is -0.351 e. The van der Waals surface area contributed by atoms with Gasteiger partial charge in [0.15, 0.2) is 0 Å². The van der Waals surface area contributed by atoms with Crippen LogP contribution in [-0.2, 0) is 0 Å². The van der Waals surface area contributed by atoms with Crippen LogP contribution in [0.1, 0.15) is 38.5 Å². The summed E-state index contributed by atoms with van der Waals surface area (Å²) in [7, 11) is 0. The Balaban J connectivity index is 1.52. The van der Waals surface area contributed by atoms with Gasteiger partial charge in [-0.3, -0.25) is 0 Å². The molecular weight excluding hydrogens is 202 g/mol. The highest BCUT2D eigenvalue weighted by Crippen LogP contribution is 2.33. The van der Waals surface area contributed by atoms with Gasteiger partial charge in [0.2, 0.25) is 0 Å². The van der Waals surface area contributed by atoms with Crippen LogP contribution in [0.3, 0.4) is 0 Å².